The quantitative estimate of drug-likeness (QED) is 0.759. The van der Waals surface area contributed by atoms with Gasteiger partial charge in [-0.3, -0.25) is 4.79 Å². The number of esters is 2. The molecule has 0 fully saturated rings. The lowest BCUT2D eigenvalue weighted by Gasteiger charge is -2.13. The number of hydrogen-bond donors (Lipinski definition) is 0. The average molecular weight is 329 g/mol. The van der Waals surface area contributed by atoms with Gasteiger partial charge < -0.3 is 14.2 Å². The van der Waals surface area contributed by atoms with E-state index in [4.69, 9.17) is 14.2 Å². The lowest BCUT2D eigenvalue weighted by molar-refractivity contribution is -0.139. The summed E-state index contributed by atoms with van der Waals surface area (Å²) in [4.78, 5) is 27.4. The zero-order chi connectivity index (χ0) is 17.5. The molecule has 6 heteroatoms. The van der Waals surface area contributed by atoms with Gasteiger partial charge in [0.05, 0.1) is 26.2 Å². The molecule has 0 atom stereocenters. The van der Waals surface area contributed by atoms with Crippen LogP contribution in [-0.2, 0) is 27.1 Å². The Bertz CT molecular complexity index is 742. The first-order chi connectivity index (χ1) is 11.6. The topological polar surface area (TPSA) is 74.7 Å². The lowest BCUT2D eigenvalue weighted by atomic mass is 10.0. The molecule has 0 aliphatic carbocycles. The molecule has 1 aromatic heterocycles. The Hall–Kier alpha value is -2.89. The van der Waals surface area contributed by atoms with Crippen molar-refractivity contribution in [2.75, 3.05) is 14.2 Å². The van der Waals surface area contributed by atoms with Gasteiger partial charge in [-0.25, -0.2) is 9.78 Å². The van der Waals surface area contributed by atoms with E-state index in [1.54, 1.807) is 36.5 Å². The molecule has 126 valence electrons. The predicted molar refractivity (Wildman–Crippen MR) is 87.2 cm³/mol. The lowest BCUT2D eigenvalue weighted by Crippen LogP contribution is -2.08. The number of carbonyl (C=O) groups excluding carboxylic acids is 2. The number of pyridine rings is 1. The van der Waals surface area contributed by atoms with Crippen LogP contribution in [0.2, 0.25) is 0 Å². The van der Waals surface area contributed by atoms with Crippen LogP contribution < -0.4 is 4.74 Å². The van der Waals surface area contributed by atoms with Crippen LogP contribution in [0.3, 0.4) is 0 Å². The second kappa shape index (κ2) is 8.10. The fourth-order valence-corrected chi connectivity index (χ4v) is 2.29. The molecule has 2 rings (SSSR count). The summed E-state index contributed by atoms with van der Waals surface area (Å²) in [6.45, 7) is 1.95. The van der Waals surface area contributed by atoms with Crippen molar-refractivity contribution in [3.05, 3.63) is 53.2 Å². The van der Waals surface area contributed by atoms with Gasteiger partial charge in [-0.1, -0.05) is 13.0 Å². The van der Waals surface area contributed by atoms with Gasteiger partial charge in [-0.2, -0.15) is 0 Å². The van der Waals surface area contributed by atoms with Crippen molar-refractivity contribution in [3.8, 4) is 11.6 Å². The molecule has 0 saturated heterocycles. The van der Waals surface area contributed by atoms with Gasteiger partial charge in [0.2, 0.25) is 5.88 Å². The van der Waals surface area contributed by atoms with Crippen molar-refractivity contribution >= 4 is 11.9 Å². The Morgan fingerprint density at radius 1 is 1.12 bits per heavy atom. The maximum atomic E-state index is 11.6. The van der Waals surface area contributed by atoms with Crippen molar-refractivity contribution in [1.82, 2.24) is 4.98 Å². The number of aromatic nitrogens is 1. The second-order valence-electron chi connectivity index (χ2n) is 4.98. The van der Waals surface area contributed by atoms with Crippen molar-refractivity contribution in [3.63, 3.8) is 0 Å². The van der Waals surface area contributed by atoms with Crippen LogP contribution in [0.4, 0.5) is 0 Å². The maximum Gasteiger partial charge on any atom is 0.337 e. The van der Waals surface area contributed by atoms with Gasteiger partial charge in [-0.15, -0.1) is 0 Å². The third-order valence-electron chi connectivity index (χ3n) is 3.50. The highest BCUT2D eigenvalue weighted by molar-refractivity contribution is 5.89. The van der Waals surface area contributed by atoms with E-state index in [1.807, 2.05) is 6.92 Å². The summed E-state index contributed by atoms with van der Waals surface area (Å²) in [5.41, 5.74) is 2.02. The minimum Gasteiger partial charge on any atom is -0.469 e. The van der Waals surface area contributed by atoms with Gasteiger partial charge in [0.1, 0.15) is 5.75 Å². The molecule has 24 heavy (non-hydrogen) atoms. The van der Waals surface area contributed by atoms with Crippen LogP contribution in [0.1, 0.15) is 28.4 Å². The summed E-state index contributed by atoms with van der Waals surface area (Å²) in [6.07, 6.45) is 2.38. The third kappa shape index (κ3) is 4.10. The fourth-order valence-electron chi connectivity index (χ4n) is 2.29. The summed E-state index contributed by atoms with van der Waals surface area (Å²) in [5.74, 6) is 0.106. The van der Waals surface area contributed by atoms with E-state index in [0.717, 1.165) is 11.1 Å². The Labute approximate surface area is 140 Å². The number of hydrogen-bond acceptors (Lipinski definition) is 6. The van der Waals surface area contributed by atoms with Gasteiger partial charge in [0, 0.05) is 11.8 Å². The molecular weight excluding hydrogens is 310 g/mol. The number of methoxy groups -OCH3 is 2. The summed E-state index contributed by atoms with van der Waals surface area (Å²) in [7, 11) is 2.67. The zero-order valence-electron chi connectivity index (χ0n) is 13.9. The maximum absolute atomic E-state index is 11.6. The summed E-state index contributed by atoms with van der Waals surface area (Å²) in [6, 6.07) is 8.42. The first-order valence-electron chi connectivity index (χ1n) is 7.48. The van der Waals surface area contributed by atoms with E-state index in [1.165, 1.54) is 14.2 Å². The molecule has 0 unspecified atom stereocenters. The molecule has 1 heterocycles. The predicted octanol–water partition coefficient (Wildman–Crippen LogP) is 2.94. The van der Waals surface area contributed by atoms with Gasteiger partial charge in [0.15, 0.2) is 0 Å². The first kappa shape index (κ1) is 17.5. The number of benzene rings is 1. The van der Waals surface area contributed by atoms with E-state index in [9.17, 15) is 9.59 Å². The largest absolute Gasteiger partial charge is 0.469 e. The molecular formula is C18H19NO5. The van der Waals surface area contributed by atoms with Crippen molar-refractivity contribution in [1.29, 1.82) is 0 Å². The zero-order valence-corrected chi connectivity index (χ0v) is 13.9. The molecule has 0 N–H and O–H groups in total. The molecule has 2 aromatic rings. The van der Waals surface area contributed by atoms with E-state index in [2.05, 4.69) is 4.98 Å². The minimum atomic E-state index is -0.441. The smallest absolute Gasteiger partial charge is 0.337 e. The molecule has 0 amide bonds. The number of carbonyl (C=O) groups is 2. The first-order valence-corrected chi connectivity index (χ1v) is 7.48. The van der Waals surface area contributed by atoms with E-state index in [-0.39, 0.29) is 12.4 Å². The van der Waals surface area contributed by atoms with Crippen molar-refractivity contribution in [2.24, 2.45) is 0 Å². The van der Waals surface area contributed by atoms with E-state index < -0.39 is 5.97 Å². The molecule has 0 aliphatic heterocycles. The Kier molecular flexibility index (Phi) is 5.89. The Morgan fingerprint density at radius 2 is 1.92 bits per heavy atom. The molecule has 0 radical (unpaired) electrons. The second-order valence-corrected chi connectivity index (χ2v) is 4.98. The Balaban J connectivity index is 2.31. The normalized spacial score (nSPS) is 10.1. The van der Waals surface area contributed by atoms with Gasteiger partial charge >= 0.3 is 11.9 Å². The highest BCUT2D eigenvalue weighted by Gasteiger charge is 2.14. The summed E-state index contributed by atoms with van der Waals surface area (Å²) >= 11 is 0. The SMILES string of the molecule is CCc1c(CC(=O)OC)ccnc1Oc1cccc(C(=O)OC)c1. The van der Waals surface area contributed by atoms with Gasteiger partial charge in [0.25, 0.3) is 0 Å². The standard InChI is InChI=1S/C18H19NO5/c1-4-15-12(11-16(20)22-2)8-9-19-17(15)24-14-7-5-6-13(10-14)18(21)23-3/h5-10H,4,11H2,1-3H3. The molecule has 6 nitrogen and oxygen atoms in total. The molecule has 0 saturated carbocycles. The molecule has 0 bridgehead atoms. The monoisotopic (exact) mass is 329 g/mol. The van der Waals surface area contributed by atoms with Crippen LogP contribution in [-0.4, -0.2) is 31.1 Å². The van der Waals surface area contributed by atoms with Crippen molar-refractivity contribution in [2.45, 2.75) is 19.8 Å². The van der Waals surface area contributed by atoms with Gasteiger partial charge in [-0.05, 0) is 36.2 Å². The summed E-state index contributed by atoms with van der Waals surface area (Å²) < 4.78 is 15.2. The van der Waals surface area contributed by atoms with E-state index in [0.29, 0.717) is 23.6 Å². The average Bonchev–Trinajstić information content (AvgIpc) is 2.61. The minimum absolute atomic E-state index is 0.154. The van der Waals surface area contributed by atoms with Crippen LogP contribution in [0.15, 0.2) is 36.5 Å². The number of rotatable bonds is 6. The highest BCUT2D eigenvalue weighted by atomic mass is 16.5. The molecule has 0 aliphatic rings. The van der Waals surface area contributed by atoms with Crippen LogP contribution in [0.25, 0.3) is 0 Å². The van der Waals surface area contributed by atoms with E-state index >= 15 is 0 Å². The van der Waals surface area contributed by atoms with Crippen LogP contribution in [0.5, 0.6) is 11.6 Å². The molecule has 1 aromatic carbocycles. The summed E-state index contributed by atoms with van der Waals surface area (Å²) in [5, 5.41) is 0. The van der Waals surface area contributed by atoms with Crippen molar-refractivity contribution < 1.29 is 23.8 Å². The molecule has 0 spiro atoms. The number of ether oxygens (including phenoxy) is 3. The van der Waals surface area contributed by atoms with Crippen LogP contribution in [0, 0.1) is 0 Å². The fraction of sp³-hybridized carbons (Fsp3) is 0.278. The Morgan fingerprint density at radius 3 is 2.58 bits per heavy atom. The van der Waals surface area contributed by atoms with Crippen LogP contribution >= 0.6 is 0 Å². The third-order valence-corrected chi connectivity index (χ3v) is 3.50. The number of nitrogens with zero attached hydrogens (tertiary/aromatic N) is 1. The highest BCUT2D eigenvalue weighted by Crippen LogP contribution is 2.27.